The van der Waals surface area contributed by atoms with E-state index in [1.807, 2.05) is 0 Å². The van der Waals surface area contributed by atoms with E-state index < -0.39 is 41.1 Å². The fraction of sp³-hybridized carbons (Fsp3) is 0.188. The molecule has 2 atom stereocenters. The third kappa shape index (κ3) is 3.78. The lowest BCUT2D eigenvalue weighted by atomic mass is 10.1. The summed E-state index contributed by atoms with van der Waals surface area (Å²) < 4.78 is 27.4. The van der Waals surface area contributed by atoms with Crippen molar-refractivity contribution >= 4 is 17.5 Å². The van der Waals surface area contributed by atoms with Gasteiger partial charge in [-0.15, -0.1) is 0 Å². The van der Waals surface area contributed by atoms with E-state index in [-0.39, 0.29) is 6.54 Å². The predicted octanol–water partition coefficient (Wildman–Crippen LogP) is 0.573. The fourth-order valence-corrected chi connectivity index (χ4v) is 2.49. The molecule has 9 heteroatoms. The number of halogens is 2. The van der Waals surface area contributed by atoms with E-state index in [0.717, 1.165) is 12.1 Å². The summed E-state index contributed by atoms with van der Waals surface area (Å²) in [6.07, 6.45) is 3.04. The normalized spacial score (nSPS) is 19.4. The van der Waals surface area contributed by atoms with Gasteiger partial charge < -0.3 is 10.6 Å². The molecule has 1 aromatic carbocycles. The Morgan fingerprint density at radius 3 is 2.60 bits per heavy atom. The molecule has 0 aliphatic carbocycles. The Hall–Kier alpha value is -2.91. The number of rotatable bonds is 4. The van der Waals surface area contributed by atoms with Gasteiger partial charge in [0.25, 0.3) is 5.91 Å². The second-order valence-electron chi connectivity index (χ2n) is 5.41. The minimum atomic E-state index is -0.965. The maximum atomic E-state index is 13.7. The molecule has 1 aliphatic rings. The second kappa shape index (κ2) is 7.32. The van der Waals surface area contributed by atoms with E-state index in [9.17, 15) is 18.4 Å². The third-order valence-electron chi connectivity index (χ3n) is 3.70. The molecular formula is C16H15F2N5O2. The SMILES string of the molecule is O=C(NC1CNNC1C(=O)Nc1cccnc1)c1c(F)cccc1F. The highest BCUT2D eigenvalue weighted by molar-refractivity contribution is 5.98. The van der Waals surface area contributed by atoms with Gasteiger partial charge >= 0.3 is 0 Å². The zero-order chi connectivity index (χ0) is 17.8. The maximum absolute atomic E-state index is 13.7. The van der Waals surface area contributed by atoms with Gasteiger partial charge in [0.15, 0.2) is 0 Å². The van der Waals surface area contributed by atoms with E-state index in [0.29, 0.717) is 5.69 Å². The van der Waals surface area contributed by atoms with Crippen LogP contribution in [0.3, 0.4) is 0 Å². The van der Waals surface area contributed by atoms with Gasteiger partial charge in [-0.2, -0.15) is 0 Å². The number of nitrogens with one attached hydrogen (secondary N) is 4. The zero-order valence-corrected chi connectivity index (χ0v) is 12.9. The summed E-state index contributed by atoms with van der Waals surface area (Å²) in [6.45, 7) is 0.215. The molecule has 7 nitrogen and oxygen atoms in total. The van der Waals surface area contributed by atoms with Crippen molar-refractivity contribution in [1.29, 1.82) is 0 Å². The Bertz CT molecular complexity index is 767. The number of hydrogen-bond donors (Lipinski definition) is 4. The molecule has 1 aromatic heterocycles. The predicted molar refractivity (Wildman–Crippen MR) is 85.4 cm³/mol. The Kier molecular flexibility index (Phi) is 4.96. The first-order chi connectivity index (χ1) is 12.1. The minimum absolute atomic E-state index is 0.215. The summed E-state index contributed by atoms with van der Waals surface area (Å²) in [5.41, 5.74) is 5.29. The highest BCUT2D eigenvalue weighted by Crippen LogP contribution is 2.13. The van der Waals surface area contributed by atoms with Crippen molar-refractivity contribution in [2.75, 3.05) is 11.9 Å². The van der Waals surface area contributed by atoms with Crippen LogP contribution >= 0.6 is 0 Å². The Morgan fingerprint density at radius 1 is 1.16 bits per heavy atom. The quantitative estimate of drug-likeness (QED) is 0.649. The summed E-state index contributed by atoms with van der Waals surface area (Å²) in [4.78, 5) is 28.4. The topological polar surface area (TPSA) is 95.2 Å². The molecule has 1 fully saturated rings. The first kappa shape index (κ1) is 16.9. The second-order valence-corrected chi connectivity index (χ2v) is 5.41. The van der Waals surface area contributed by atoms with Crippen LogP contribution in [-0.4, -0.2) is 35.4 Å². The largest absolute Gasteiger partial charge is 0.346 e. The number of aromatic nitrogens is 1. The first-order valence-electron chi connectivity index (χ1n) is 7.50. The van der Waals surface area contributed by atoms with Crippen LogP contribution in [0.15, 0.2) is 42.7 Å². The molecule has 4 N–H and O–H groups in total. The average molecular weight is 347 g/mol. The maximum Gasteiger partial charge on any atom is 0.257 e. The number of benzene rings is 1. The number of hydrogen-bond acceptors (Lipinski definition) is 5. The van der Waals surface area contributed by atoms with Crippen LogP contribution in [0.2, 0.25) is 0 Å². The molecule has 0 bridgehead atoms. The van der Waals surface area contributed by atoms with E-state index in [1.165, 1.54) is 12.3 Å². The molecule has 1 aliphatic heterocycles. The van der Waals surface area contributed by atoms with Gasteiger partial charge in [0, 0.05) is 12.7 Å². The number of anilines is 1. The molecule has 0 saturated carbocycles. The lowest BCUT2D eigenvalue weighted by Crippen LogP contribution is -2.51. The number of hydrazine groups is 1. The Balaban J connectivity index is 1.69. The molecule has 2 aromatic rings. The van der Waals surface area contributed by atoms with Crippen LogP contribution in [0.1, 0.15) is 10.4 Å². The summed E-state index contributed by atoms with van der Waals surface area (Å²) in [5, 5.41) is 5.12. The van der Waals surface area contributed by atoms with Crippen molar-refractivity contribution in [3.63, 3.8) is 0 Å². The van der Waals surface area contributed by atoms with Crippen molar-refractivity contribution in [2.45, 2.75) is 12.1 Å². The molecule has 3 rings (SSSR count). The van der Waals surface area contributed by atoms with Crippen molar-refractivity contribution in [3.8, 4) is 0 Å². The Labute approximate surface area is 141 Å². The van der Waals surface area contributed by atoms with E-state index in [4.69, 9.17) is 0 Å². The van der Waals surface area contributed by atoms with E-state index >= 15 is 0 Å². The molecular weight excluding hydrogens is 332 g/mol. The van der Waals surface area contributed by atoms with Gasteiger partial charge in [0.1, 0.15) is 23.2 Å². The highest BCUT2D eigenvalue weighted by atomic mass is 19.1. The van der Waals surface area contributed by atoms with Gasteiger partial charge in [0.2, 0.25) is 5.91 Å². The highest BCUT2D eigenvalue weighted by Gasteiger charge is 2.35. The molecule has 25 heavy (non-hydrogen) atoms. The summed E-state index contributed by atoms with van der Waals surface area (Å²) >= 11 is 0. The van der Waals surface area contributed by atoms with Gasteiger partial charge in [-0.3, -0.25) is 20.0 Å². The van der Waals surface area contributed by atoms with Crippen molar-refractivity contribution in [3.05, 3.63) is 59.9 Å². The average Bonchev–Trinajstić information content (AvgIpc) is 3.04. The monoisotopic (exact) mass is 347 g/mol. The van der Waals surface area contributed by atoms with E-state index in [2.05, 4.69) is 26.5 Å². The van der Waals surface area contributed by atoms with Crippen LogP contribution in [0.25, 0.3) is 0 Å². The molecule has 2 unspecified atom stereocenters. The summed E-state index contributed by atoms with van der Waals surface area (Å²) in [7, 11) is 0. The molecule has 1 saturated heterocycles. The number of pyridine rings is 1. The van der Waals surface area contributed by atoms with Gasteiger partial charge in [-0.1, -0.05) is 6.07 Å². The van der Waals surface area contributed by atoms with Crippen molar-refractivity contribution < 1.29 is 18.4 Å². The molecule has 130 valence electrons. The van der Waals surface area contributed by atoms with Crippen LogP contribution in [0.4, 0.5) is 14.5 Å². The fourth-order valence-electron chi connectivity index (χ4n) is 2.49. The number of amides is 2. The summed E-state index contributed by atoms with van der Waals surface area (Å²) in [5.74, 6) is -3.27. The third-order valence-corrected chi connectivity index (χ3v) is 3.70. The standard InChI is InChI=1S/C16H15F2N5O2/c17-10-4-1-5-11(18)13(10)15(24)22-12-8-20-23-14(12)16(25)21-9-3-2-6-19-7-9/h1-7,12,14,20,23H,8H2,(H,21,25)(H,22,24). The molecule has 2 heterocycles. The van der Waals surface area contributed by atoms with Gasteiger partial charge in [0.05, 0.1) is 17.9 Å². The smallest absolute Gasteiger partial charge is 0.257 e. The number of carbonyl (C=O) groups is 2. The molecule has 0 radical (unpaired) electrons. The van der Waals surface area contributed by atoms with Gasteiger partial charge in [-0.25, -0.2) is 14.2 Å². The lowest BCUT2D eigenvalue weighted by Gasteiger charge is -2.19. The van der Waals surface area contributed by atoms with Crippen LogP contribution in [0, 0.1) is 11.6 Å². The van der Waals surface area contributed by atoms with Crippen LogP contribution in [-0.2, 0) is 4.79 Å². The first-order valence-corrected chi connectivity index (χ1v) is 7.50. The Morgan fingerprint density at radius 2 is 1.92 bits per heavy atom. The minimum Gasteiger partial charge on any atom is -0.346 e. The number of carbonyl (C=O) groups excluding carboxylic acids is 2. The van der Waals surface area contributed by atoms with Gasteiger partial charge in [-0.05, 0) is 24.3 Å². The lowest BCUT2D eigenvalue weighted by molar-refractivity contribution is -0.118. The molecule has 0 spiro atoms. The zero-order valence-electron chi connectivity index (χ0n) is 12.9. The van der Waals surface area contributed by atoms with Crippen molar-refractivity contribution in [2.24, 2.45) is 0 Å². The number of nitrogens with zero attached hydrogens (tertiary/aromatic N) is 1. The molecule has 2 amide bonds. The van der Waals surface area contributed by atoms with Crippen molar-refractivity contribution in [1.82, 2.24) is 21.2 Å². The summed E-state index contributed by atoms with van der Waals surface area (Å²) in [6, 6.07) is 4.98. The van der Waals surface area contributed by atoms with Crippen LogP contribution < -0.4 is 21.5 Å². The van der Waals surface area contributed by atoms with E-state index in [1.54, 1.807) is 18.3 Å². The van der Waals surface area contributed by atoms with Crippen LogP contribution in [0.5, 0.6) is 0 Å².